The number of halogens is 1. The van der Waals surface area contributed by atoms with Crippen LogP contribution in [0, 0.1) is 0 Å². The van der Waals surface area contributed by atoms with Crippen LogP contribution in [0.3, 0.4) is 0 Å². The number of carbonyl (C=O) groups is 2. The predicted octanol–water partition coefficient (Wildman–Crippen LogP) is 5.22. The summed E-state index contributed by atoms with van der Waals surface area (Å²) in [7, 11) is -3.91. The van der Waals surface area contributed by atoms with Gasteiger partial charge in [-0.2, -0.15) is 0 Å². The highest BCUT2D eigenvalue weighted by molar-refractivity contribution is 7.93. The van der Waals surface area contributed by atoms with Crippen LogP contribution in [0.1, 0.15) is 17.2 Å². The second-order valence-electron chi connectivity index (χ2n) is 8.02. The predicted molar refractivity (Wildman–Crippen MR) is 142 cm³/mol. The number of anilines is 2. The van der Waals surface area contributed by atoms with Crippen molar-refractivity contribution in [2.75, 3.05) is 9.62 Å². The molecule has 37 heavy (non-hydrogen) atoms. The molecule has 1 amide bonds. The van der Waals surface area contributed by atoms with Crippen molar-refractivity contribution in [3.05, 3.63) is 112 Å². The Morgan fingerprint density at radius 1 is 0.973 bits per heavy atom. The number of hydrogen-bond acceptors (Lipinski definition) is 7. The number of aliphatic hydroxyl groups is 1. The first kappa shape index (κ1) is 24.7. The van der Waals surface area contributed by atoms with Gasteiger partial charge in [-0.25, -0.2) is 13.4 Å². The number of benzene rings is 3. The quantitative estimate of drug-likeness (QED) is 0.193. The number of thiazole rings is 1. The highest BCUT2D eigenvalue weighted by Gasteiger charge is 2.47. The lowest BCUT2D eigenvalue weighted by Crippen LogP contribution is -2.29. The van der Waals surface area contributed by atoms with Crippen LogP contribution in [0.2, 0.25) is 5.02 Å². The molecule has 0 bridgehead atoms. The number of aromatic nitrogens is 1. The number of nitrogens with zero attached hydrogens (tertiary/aromatic N) is 2. The molecule has 0 radical (unpaired) electrons. The molecule has 3 aromatic carbocycles. The molecular weight excluding hydrogens is 534 g/mol. The van der Waals surface area contributed by atoms with E-state index in [1.807, 2.05) is 0 Å². The number of ketones is 1. The van der Waals surface area contributed by atoms with Crippen LogP contribution < -0.4 is 9.62 Å². The first-order valence-electron chi connectivity index (χ1n) is 10.9. The molecule has 2 heterocycles. The Morgan fingerprint density at radius 3 is 2.27 bits per heavy atom. The average Bonchev–Trinajstić information content (AvgIpc) is 3.50. The summed E-state index contributed by atoms with van der Waals surface area (Å²) in [6.45, 7) is 0. The van der Waals surface area contributed by atoms with Crippen molar-refractivity contribution in [3.8, 4) is 0 Å². The van der Waals surface area contributed by atoms with E-state index in [0.29, 0.717) is 16.1 Å². The number of aliphatic hydroxyl groups excluding tert-OH is 1. The zero-order valence-electron chi connectivity index (χ0n) is 18.9. The summed E-state index contributed by atoms with van der Waals surface area (Å²) >= 11 is 7.20. The Hall–Kier alpha value is -3.99. The second kappa shape index (κ2) is 9.81. The van der Waals surface area contributed by atoms with E-state index in [2.05, 4.69) is 9.71 Å². The smallest absolute Gasteiger partial charge is 0.300 e. The lowest BCUT2D eigenvalue weighted by atomic mass is 9.95. The molecule has 1 aliphatic rings. The molecule has 4 aromatic rings. The molecule has 1 aromatic heterocycles. The van der Waals surface area contributed by atoms with Crippen LogP contribution in [0.15, 0.2) is 101 Å². The van der Waals surface area contributed by atoms with E-state index >= 15 is 0 Å². The molecule has 11 heteroatoms. The molecule has 0 unspecified atom stereocenters. The Morgan fingerprint density at radius 2 is 1.65 bits per heavy atom. The molecule has 0 saturated carbocycles. The van der Waals surface area contributed by atoms with E-state index in [0.717, 1.165) is 11.3 Å². The van der Waals surface area contributed by atoms with Crippen LogP contribution >= 0.6 is 22.9 Å². The van der Waals surface area contributed by atoms with Crippen molar-refractivity contribution < 1.29 is 23.1 Å². The maximum atomic E-state index is 13.3. The molecule has 1 fully saturated rings. The van der Waals surface area contributed by atoms with E-state index in [9.17, 15) is 23.1 Å². The van der Waals surface area contributed by atoms with Gasteiger partial charge in [0, 0.05) is 27.9 Å². The molecule has 186 valence electrons. The van der Waals surface area contributed by atoms with Crippen LogP contribution in [0.5, 0.6) is 0 Å². The second-order valence-corrected chi connectivity index (χ2v) is 11.0. The van der Waals surface area contributed by atoms with Crippen LogP contribution in [0.4, 0.5) is 10.8 Å². The first-order valence-corrected chi connectivity index (χ1v) is 13.6. The molecule has 0 aliphatic carbocycles. The topological polar surface area (TPSA) is 117 Å². The summed E-state index contributed by atoms with van der Waals surface area (Å²) in [6.07, 6.45) is 1.48. The van der Waals surface area contributed by atoms with Crippen LogP contribution in [-0.4, -0.2) is 30.2 Å². The van der Waals surface area contributed by atoms with Gasteiger partial charge in [0.2, 0.25) is 0 Å². The number of sulfonamides is 1. The minimum Gasteiger partial charge on any atom is -0.507 e. The third-order valence-electron chi connectivity index (χ3n) is 5.76. The van der Waals surface area contributed by atoms with Crippen molar-refractivity contribution in [3.63, 3.8) is 0 Å². The number of nitrogens with one attached hydrogen (secondary N) is 1. The van der Waals surface area contributed by atoms with Gasteiger partial charge in [-0.15, -0.1) is 11.3 Å². The Balaban J connectivity index is 1.59. The number of rotatable bonds is 6. The molecule has 2 N–H and O–H groups in total. The van der Waals surface area contributed by atoms with Gasteiger partial charge in [0.15, 0.2) is 5.13 Å². The highest BCUT2D eigenvalue weighted by Crippen LogP contribution is 2.42. The maximum Gasteiger partial charge on any atom is 0.300 e. The van der Waals surface area contributed by atoms with Crippen molar-refractivity contribution in [1.29, 1.82) is 0 Å². The summed E-state index contributed by atoms with van der Waals surface area (Å²) in [6, 6.07) is 19.6. The van der Waals surface area contributed by atoms with Gasteiger partial charge in [0.1, 0.15) is 5.76 Å². The SMILES string of the molecule is O=C1C(=O)N(c2ccc(S(=O)(=O)Nc3nccs3)cc2)[C@H](c2ccc(Cl)cc2)C1=C(O)c1ccccc1. The molecular formula is C26H18ClN3O5S2. The Bertz CT molecular complexity index is 1600. The van der Waals surface area contributed by atoms with Crippen molar-refractivity contribution >= 4 is 61.2 Å². The Labute approximate surface area is 221 Å². The number of amides is 1. The standard InChI is InChI=1S/C26H18ClN3O5S2/c27-18-8-6-16(7-9-18)22-21(23(31)17-4-2-1-3-5-17)24(32)25(33)30(22)19-10-12-20(13-11-19)37(34,35)29-26-28-14-15-36-26/h1-15,22,31H,(H,28,29)/t22-/m1/s1. The third kappa shape index (κ3) is 4.74. The lowest BCUT2D eigenvalue weighted by molar-refractivity contribution is -0.132. The zero-order valence-corrected chi connectivity index (χ0v) is 21.3. The fourth-order valence-electron chi connectivity index (χ4n) is 4.04. The van der Waals surface area contributed by atoms with Crippen molar-refractivity contribution in [2.24, 2.45) is 0 Å². The number of carbonyl (C=O) groups excluding carboxylic acids is 2. The third-order valence-corrected chi connectivity index (χ3v) is 8.18. The van der Waals surface area contributed by atoms with Crippen molar-refractivity contribution in [2.45, 2.75) is 10.9 Å². The van der Waals surface area contributed by atoms with Crippen LogP contribution in [-0.2, 0) is 19.6 Å². The largest absolute Gasteiger partial charge is 0.507 e. The van der Waals surface area contributed by atoms with Gasteiger partial charge < -0.3 is 5.11 Å². The normalized spacial score (nSPS) is 17.2. The van der Waals surface area contributed by atoms with E-state index in [-0.39, 0.29) is 27.0 Å². The van der Waals surface area contributed by atoms with E-state index in [1.54, 1.807) is 60.0 Å². The highest BCUT2D eigenvalue weighted by atomic mass is 35.5. The maximum absolute atomic E-state index is 13.3. The summed E-state index contributed by atoms with van der Waals surface area (Å²) < 4.78 is 27.9. The van der Waals surface area contributed by atoms with E-state index < -0.39 is 27.8 Å². The number of hydrogen-bond donors (Lipinski definition) is 2. The van der Waals surface area contributed by atoms with E-state index in [4.69, 9.17) is 11.6 Å². The van der Waals surface area contributed by atoms with Gasteiger partial charge in [-0.1, -0.05) is 54.1 Å². The van der Waals surface area contributed by atoms with E-state index in [1.165, 1.54) is 35.4 Å². The molecule has 0 spiro atoms. The lowest BCUT2D eigenvalue weighted by Gasteiger charge is -2.25. The molecule has 1 aliphatic heterocycles. The Kier molecular flexibility index (Phi) is 6.55. The minimum atomic E-state index is -3.91. The minimum absolute atomic E-state index is 0.0460. The summed E-state index contributed by atoms with van der Waals surface area (Å²) in [5.41, 5.74) is 1.13. The van der Waals surface area contributed by atoms with Crippen molar-refractivity contribution in [1.82, 2.24) is 4.98 Å². The van der Waals surface area contributed by atoms with Crippen LogP contribution in [0.25, 0.3) is 5.76 Å². The monoisotopic (exact) mass is 551 g/mol. The summed E-state index contributed by atoms with van der Waals surface area (Å²) in [4.78, 5) is 31.6. The molecule has 8 nitrogen and oxygen atoms in total. The van der Waals surface area contributed by atoms with Gasteiger partial charge in [0.05, 0.1) is 16.5 Å². The molecule has 1 saturated heterocycles. The first-order chi connectivity index (χ1) is 17.8. The number of Topliss-reactive ketones (excluding diaryl/α,β-unsaturated/α-hetero) is 1. The van der Waals surface area contributed by atoms with Gasteiger partial charge >= 0.3 is 0 Å². The van der Waals surface area contributed by atoms with Gasteiger partial charge in [-0.05, 0) is 42.0 Å². The summed E-state index contributed by atoms with van der Waals surface area (Å²) in [5.74, 6) is -2.02. The fraction of sp³-hybridized carbons (Fsp3) is 0.0385. The molecule has 5 rings (SSSR count). The van der Waals surface area contributed by atoms with Gasteiger partial charge in [0.25, 0.3) is 21.7 Å². The zero-order chi connectivity index (χ0) is 26.2. The summed E-state index contributed by atoms with van der Waals surface area (Å²) in [5, 5.41) is 13.4. The molecule has 1 atom stereocenters. The van der Waals surface area contributed by atoms with Gasteiger partial charge in [-0.3, -0.25) is 19.2 Å². The fourth-order valence-corrected chi connectivity index (χ4v) is 5.96. The average molecular weight is 552 g/mol.